The van der Waals surface area contributed by atoms with Crippen molar-refractivity contribution in [3.05, 3.63) is 27.9 Å². The van der Waals surface area contributed by atoms with E-state index in [1.165, 1.54) is 33.9 Å². The Hall–Kier alpha value is -1.74. The van der Waals surface area contributed by atoms with Gasteiger partial charge in [-0.25, -0.2) is 9.97 Å². The highest BCUT2D eigenvalue weighted by atomic mass is 32.2. The van der Waals surface area contributed by atoms with Crippen LogP contribution in [0.15, 0.2) is 20.6 Å². The number of aryl methyl sites for hydroxylation is 1. The number of H-pyrrole nitrogens is 1. The third kappa shape index (κ3) is 2.15. The van der Waals surface area contributed by atoms with Gasteiger partial charge >= 0.3 is 0 Å². The zero-order valence-electron chi connectivity index (χ0n) is 10.2. The lowest BCUT2D eigenvalue weighted by molar-refractivity contribution is 0.822. The van der Waals surface area contributed by atoms with E-state index in [4.69, 9.17) is 0 Å². The van der Waals surface area contributed by atoms with Crippen molar-refractivity contribution in [3.63, 3.8) is 0 Å². The number of hydrogen-bond donors (Lipinski definition) is 1. The van der Waals surface area contributed by atoms with Crippen LogP contribution < -0.4 is 5.56 Å². The van der Waals surface area contributed by atoms with Gasteiger partial charge < -0.3 is 0 Å². The Morgan fingerprint density at radius 1 is 1.53 bits per heavy atom. The summed E-state index contributed by atoms with van der Waals surface area (Å²) in [6, 6.07) is 0. The van der Waals surface area contributed by atoms with E-state index in [9.17, 15) is 4.79 Å². The smallest absolute Gasteiger partial charge is 0.267 e. The number of hydrogen-bond acceptors (Lipinski definition) is 7. The van der Waals surface area contributed by atoms with Crippen molar-refractivity contribution in [1.82, 2.24) is 29.8 Å². The third-order valence-electron chi connectivity index (χ3n) is 2.62. The molecule has 98 valence electrons. The van der Waals surface area contributed by atoms with Crippen molar-refractivity contribution in [1.29, 1.82) is 0 Å². The van der Waals surface area contributed by atoms with Crippen molar-refractivity contribution >= 4 is 28.1 Å². The minimum atomic E-state index is -0.0920. The molecule has 0 aromatic carbocycles. The van der Waals surface area contributed by atoms with E-state index in [2.05, 4.69) is 25.3 Å². The molecule has 0 saturated carbocycles. The minimum absolute atomic E-state index is 0.0920. The zero-order valence-corrected chi connectivity index (χ0v) is 11.9. The highest BCUT2D eigenvalue weighted by molar-refractivity contribution is 8.00. The van der Waals surface area contributed by atoms with Crippen molar-refractivity contribution in [2.75, 3.05) is 0 Å². The molecule has 0 saturated heterocycles. The second-order valence-corrected chi connectivity index (χ2v) is 5.98. The summed E-state index contributed by atoms with van der Waals surface area (Å²) < 4.78 is 2.06. The maximum atomic E-state index is 12.2. The molecular weight excluding hydrogens is 284 g/mol. The van der Waals surface area contributed by atoms with Crippen LogP contribution in [0.25, 0.3) is 4.96 Å². The second-order valence-electron chi connectivity index (χ2n) is 3.79. The quantitative estimate of drug-likeness (QED) is 0.783. The molecule has 0 aliphatic heterocycles. The molecule has 3 rings (SSSR count). The number of fused-ring (bicyclic) bond motifs is 1. The monoisotopic (exact) mass is 294 g/mol. The van der Waals surface area contributed by atoms with Crippen LogP contribution in [0.4, 0.5) is 0 Å². The summed E-state index contributed by atoms with van der Waals surface area (Å²) in [5.74, 6) is 0. The van der Waals surface area contributed by atoms with Gasteiger partial charge in [-0.1, -0.05) is 18.3 Å². The Morgan fingerprint density at radius 3 is 3.05 bits per heavy atom. The molecule has 3 aromatic rings. The van der Waals surface area contributed by atoms with Gasteiger partial charge in [0.05, 0.1) is 0 Å². The van der Waals surface area contributed by atoms with Crippen molar-refractivity contribution in [2.45, 2.75) is 29.8 Å². The number of aromatic nitrogens is 6. The van der Waals surface area contributed by atoms with Gasteiger partial charge in [-0.3, -0.25) is 9.89 Å². The normalized spacial score (nSPS) is 11.3. The molecule has 0 spiro atoms. The van der Waals surface area contributed by atoms with Crippen LogP contribution in [0.5, 0.6) is 0 Å². The van der Waals surface area contributed by atoms with Gasteiger partial charge in [0.1, 0.15) is 6.33 Å². The van der Waals surface area contributed by atoms with Crippen LogP contribution in [0, 0.1) is 6.92 Å². The first kappa shape index (κ1) is 12.3. The molecule has 1 N–H and O–H groups in total. The fourth-order valence-corrected chi connectivity index (χ4v) is 3.52. The first-order valence-corrected chi connectivity index (χ1v) is 7.25. The summed E-state index contributed by atoms with van der Waals surface area (Å²) >= 11 is 2.69. The summed E-state index contributed by atoms with van der Waals surface area (Å²) in [7, 11) is 0. The fourth-order valence-electron chi connectivity index (χ4n) is 1.74. The fraction of sp³-hybridized carbons (Fsp3) is 0.300. The molecule has 0 radical (unpaired) electrons. The Labute approximate surface area is 116 Å². The number of nitrogens with zero attached hydrogens (tertiary/aromatic N) is 5. The molecule has 7 nitrogen and oxygen atoms in total. The Kier molecular flexibility index (Phi) is 3.07. The summed E-state index contributed by atoms with van der Waals surface area (Å²) in [4.78, 5) is 21.2. The van der Waals surface area contributed by atoms with Gasteiger partial charge in [0.25, 0.3) is 5.56 Å². The predicted molar refractivity (Wildman–Crippen MR) is 71.8 cm³/mol. The standard InChI is InChI=1S/C10H10N6OS2/c1-3-6-5(2)13-9-16(7(6)17)15-10(19-9)18-8-11-4-12-14-8/h4H,3H2,1-2H3,(H,11,12,14). The maximum Gasteiger partial charge on any atom is 0.278 e. The van der Waals surface area contributed by atoms with Gasteiger partial charge in [0, 0.05) is 11.3 Å². The first-order chi connectivity index (χ1) is 9.19. The van der Waals surface area contributed by atoms with Crippen LogP contribution in [0.1, 0.15) is 18.2 Å². The number of nitrogens with one attached hydrogen (secondary N) is 1. The largest absolute Gasteiger partial charge is 0.278 e. The number of aromatic amines is 1. The Balaban J connectivity index is 2.11. The van der Waals surface area contributed by atoms with E-state index in [1.807, 2.05) is 13.8 Å². The molecule has 19 heavy (non-hydrogen) atoms. The summed E-state index contributed by atoms with van der Waals surface area (Å²) in [6.45, 7) is 3.79. The minimum Gasteiger partial charge on any atom is -0.267 e. The molecule has 0 fully saturated rings. The van der Waals surface area contributed by atoms with Crippen LogP contribution in [0.3, 0.4) is 0 Å². The molecule has 0 aliphatic rings. The number of rotatable bonds is 3. The zero-order chi connectivity index (χ0) is 13.4. The molecule has 3 aromatic heterocycles. The van der Waals surface area contributed by atoms with E-state index in [-0.39, 0.29) is 5.56 Å². The van der Waals surface area contributed by atoms with E-state index < -0.39 is 0 Å². The maximum absolute atomic E-state index is 12.2. The van der Waals surface area contributed by atoms with Gasteiger partial charge in [-0.2, -0.15) is 9.61 Å². The molecule has 0 unspecified atom stereocenters. The first-order valence-electron chi connectivity index (χ1n) is 5.61. The summed E-state index contributed by atoms with van der Waals surface area (Å²) in [5, 5.41) is 11.4. The molecule has 9 heteroatoms. The van der Waals surface area contributed by atoms with E-state index >= 15 is 0 Å². The average molecular weight is 294 g/mol. The lowest BCUT2D eigenvalue weighted by Gasteiger charge is -1.99. The Bertz CT molecular complexity index is 775. The van der Waals surface area contributed by atoms with Gasteiger partial charge in [0.15, 0.2) is 9.50 Å². The lowest BCUT2D eigenvalue weighted by atomic mass is 10.2. The summed E-state index contributed by atoms with van der Waals surface area (Å²) in [5.41, 5.74) is 1.39. The molecule has 0 aliphatic carbocycles. The van der Waals surface area contributed by atoms with Gasteiger partial charge in [0.2, 0.25) is 4.96 Å². The van der Waals surface area contributed by atoms with E-state index in [0.29, 0.717) is 26.4 Å². The summed E-state index contributed by atoms with van der Waals surface area (Å²) in [6.07, 6.45) is 2.09. The second kappa shape index (κ2) is 4.74. The molecule has 3 heterocycles. The third-order valence-corrected chi connectivity index (χ3v) is 4.47. The molecule has 0 amide bonds. The molecule has 0 bridgehead atoms. The lowest BCUT2D eigenvalue weighted by Crippen LogP contribution is -2.21. The average Bonchev–Trinajstić information content (AvgIpc) is 2.99. The van der Waals surface area contributed by atoms with Crippen LogP contribution in [-0.2, 0) is 6.42 Å². The van der Waals surface area contributed by atoms with Crippen LogP contribution in [-0.4, -0.2) is 29.8 Å². The molecule has 0 atom stereocenters. The van der Waals surface area contributed by atoms with Crippen LogP contribution >= 0.6 is 23.1 Å². The topological polar surface area (TPSA) is 88.8 Å². The molecular formula is C10H10N6OS2. The van der Waals surface area contributed by atoms with Gasteiger partial charge in [-0.15, -0.1) is 5.10 Å². The predicted octanol–water partition coefficient (Wildman–Crippen LogP) is 1.29. The highest BCUT2D eigenvalue weighted by Gasteiger charge is 2.13. The van der Waals surface area contributed by atoms with Crippen molar-refractivity contribution in [3.8, 4) is 0 Å². The van der Waals surface area contributed by atoms with E-state index in [1.54, 1.807) is 0 Å². The van der Waals surface area contributed by atoms with Crippen molar-refractivity contribution in [2.24, 2.45) is 0 Å². The van der Waals surface area contributed by atoms with Crippen molar-refractivity contribution < 1.29 is 0 Å². The highest BCUT2D eigenvalue weighted by Crippen LogP contribution is 2.27. The SMILES string of the molecule is CCc1c(C)nc2sc(Sc3ncn[nH]3)nn2c1=O. The van der Waals surface area contributed by atoms with Gasteiger partial charge in [-0.05, 0) is 25.1 Å². The Morgan fingerprint density at radius 2 is 2.37 bits per heavy atom. The van der Waals surface area contributed by atoms with Crippen LogP contribution in [0.2, 0.25) is 0 Å². The van der Waals surface area contributed by atoms with E-state index in [0.717, 1.165) is 5.69 Å².